The van der Waals surface area contributed by atoms with Gasteiger partial charge in [0.1, 0.15) is 0 Å². The first kappa shape index (κ1) is 3.89. The summed E-state index contributed by atoms with van der Waals surface area (Å²) in [4.78, 5) is 0. The molecule has 0 spiro atoms. The van der Waals surface area contributed by atoms with E-state index in [-0.39, 0.29) is 0 Å². The van der Waals surface area contributed by atoms with Crippen LogP contribution in [0.3, 0.4) is 0 Å². The molecule has 0 atom stereocenters. The molecule has 0 saturated heterocycles. The van der Waals surface area contributed by atoms with Gasteiger partial charge >= 0.3 is 0 Å². The Hall–Kier alpha value is -1.04. The molecule has 0 unspecified atom stereocenters. The van der Waals surface area contributed by atoms with Crippen molar-refractivity contribution in [1.82, 2.24) is 0 Å². The fourth-order valence-corrected chi connectivity index (χ4v) is 0.666. The molecule has 0 heteroatoms. The molecule has 0 heterocycles. The highest BCUT2D eigenvalue weighted by atomic mass is 13.8. The molecule has 0 aromatic heterocycles. The van der Waals surface area contributed by atoms with Gasteiger partial charge in [0.2, 0.25) is 0 Å². The summed E-state index contributed by atoms with van der Waals surface area (Å²) in [5.74, 6) is 0. The Kier molecular flexibility index (Phi) is 1.33. The summed E-state index contributed by atoms with van der Waals surface area (Å²) in [5.41, 5.74) is 0.806. The zero-order chi connectivity index (χ0) is 8.27. The van der Waals surface area contributed by atoms with Gasteiger partial charge in [0.05, 0.1) is 2.74 Å². The lowest BCUT2D eigenvalue weighted by Crippen LogP contribution is -1.65. The topological polar surface area (TPSA) is 0 Å². The van der Waals surface area contributed by atoms with Crippen molar-refractivity contribution in [2.24, 2.45) is 0 Å². The minimum Gasteiger partial charge on any atom is -0.0871 e. The second-order valence-corrected chi connectivity index (χ2v) is 1.74. The summed E-state index contributed by atoms with van der Waals surface area (Å²) in [6, 6.07) is 9.90. The van der Waals surface area contributed by atoms with Crippen molar-refractivity contribution in [3.63, 3.8) is 0 Å². The van der Waals surface area contributed by atoms with E-state index in [2.05, 4.69) is 0 Å². The van der Waals surface area contributed by atoms with Crippen molar-refractivity contribution in [1.29, 1.82) is 0 Å². The maximum Gasteiger partial charge on any atom is 0.0626 e. The predicted octanol–water partition coefficient (Wildman–Crippen LogP) is 2.72. The van der Waals surface area contributed by atoms with E-state index in [0.29, 0.717) is 12.1 Å². The van der Waals surface area contributed by atoms with E-state index in [9.17, 15) is 0 Å². The Morgan fingerprint density at radius 3 is 2.56 bits per heavy atom. The maximum atomic E-state index is 7.46. The first-order chi connectivity index (χ1) is 5.22. The van der Waals surface area contributed by atoms with Crippen molar-refractivity contribution >= 4 is 6.05 Å². The van der Waals surface area contributed by atoms with Gasteiger partial charge in [-0.2, -0.15) is 0 Å². The molecule has 0 aliphatic rings. The van der Waals surface area contributed by atoms with Crippen LogP contribution < -0.4 is 0 Å². The summed E-state index contributed by atoms with van der Waals surface area (Å²) in [5, 5.41) is 0. The van der Waals surface area contributed by atoms with Gasteiger partial charge in [0, 0.05) is 0 Å². The first-order valence-corrected chi connectivity index (χ1v) is 2.91. The highest BCUT2D eigenvalue weighted by Crippen LogP contribution is 1.99. The van der Waals surface area contributed by atoms with Gasteiger partial charge in [-0.15, -0.1) is 0 Å². The quantitative estimate of drug-likeness (QED) is 0.534. The van der Waals surface area contributed by atoms with Crippen LogP contribution in [0.15, 0.2) is 36.4 Å². The molecule has 0 amide bonds. The van der Waals surface area contributed by atoms with Crippen molar-refractivity contribution in [3.8, 4) is 0 Å². The number of hydrogen-bond acceptors (Lipinski definition) is 0. The van der Waals surface area contributed by atoms with E-state index in [1.54, 1.807) is 6.92 Å². The summed E-state index contributed by atoms with van der Waals surface area (Å²) in [6.45, 7) is 1.62. The average molecular weight is 120 g/mol. The monoisotopic (exact) mass is 120 g/mol. The third kappa shape index (κ3) is 1.73. The molecule has 0 nitrogen and oxygen atoms in total. The van der Waals surface area contributed by atoms with Crippen LogP contribution in [0.25, 0.3) is 6.05 Å². The zero-order valence-electron chi connectivity index (χ0n) is 7.39. The molecule has 0 N–H and O–H groups in total. The summed E-state index contributed by atoms with van der Waals surface area (Å²) in [6.07, 6.45) is 0. The lowest BCUT2D eigenvalue weighted by Gasteiger charge is -1.86. The highest BCUT2D eigenvalue weighted by molar-refractivity contribution is 5.47. The van der Waals surface area contributed by atoms with Crippen LogP contribution in [0.4, 0.5) is 0 Å². The second kappa shape index (κ2) is 3.08. The summed E-state index contributed by atoms with van der Waals surface area (Å²) >= 11 is 0. The minimum atomic E-state index is 0.297. The molecule has 0 saturated carbocycles. The Labute approximate surface area is 58.6 Å². The third-order valence-corrected chi connectivity index (χ3v) is 1.04. The van der Waals surface area contributed by atoms with Crippen LogP contribution in [0.1, 0.15) is 15.2 Å². The standard InChI is InChI=1S/C9H10/c1-2-6-9-7-4-3-5-8-9/h2-8H,1H3/b6-2-/i2D,6D. The van der Waals surface area contributed by atoms with E-state index in [4.69, 9.17) is 2.74 Å². The summed E-state index contributed by atoms with van der Waals surface area (Å²) < 4.78 is 14.7. The molecule has 9 heavy (non-hydrogen) atoms. The normalized spacial score (nSPS) is 15.7. The Morgan fingerprint density at radius 1 is 1.33 bits per heavy atom. The molecule has 0 radical (unpaired) electrons. The first-order valence-electron chi connectivity index (χ1n) is 3.91. The van der Waals surface area contributed by atoms with Crippen molar-refractivity contribution in [2.45, 2.75) is 6.92 Å². The van der Waals surface area contributed by atoms with Crippen LogP contribution >= 0.6 is 0 Å². The van der Waals surface area contributed by atoms with Gasteiger partial charge < -0.3 is 0 Å². The predicted molar refractivity (Wildman–Crippen MR) is 41.2 cm³/mol. The Bertz CT molecular complexity index is 258. The molecule has 1 aromatic carbocycles. The third-order valence-electron chi connectivity index (χ3n) is 1.04. The van der Waals surface area contributed by atoms with Gasteiger partial charge in [0.15, 0.2) is 0 Å². The molecule has 0 bridgehead atoms. The molecular weight excluding hydrogens is 108 g/mol. The number of allylic oxidation sites excluding steroid dienone is 1. The van der Waals surface area contributed by atoms with E-state index in [0.717, 1.165) is 5.56 Å². The summed E-state index contributed by atoms with van der Waals surface area (Å²) in [7, 11) is 0. The van der Waals surface area contributed by atoms with Gasteiger partial charge in [-0.05, 0) is 12.5 Å². The van der Waals surface area contributed by atoms with Crippen LogP contribution in [-0.2, 0) is 0 Å². The average Bonchev–Trinajstić information content (AvgIpc) is 2.05. The maximum absolute atomic E-state index is 7.46. The largest absolute Gasteiger partial charge is 0.0871 e. The number of benzene rings is 1. The van der Waals surface area contributed by atoms with Crippen LogP contribution in [0, 0.1) is 0 Å². The van der Waals surface area contributed by atoms with Gasteiger partial charge in [-0.1, -0.05) is 42.4 Å². The van der Waals surface area contributed by atoms with E-state index in [1.807, 2.05) is 30.3 Å². The minimum absolute atomic E-state index is 0.297. The second-order valence-electron chi connectivity index (χ2n) is 1.74. The fraction of sp³-hybridized carbons (Fsp3) is 0.111. The molecule has 0 aliphatic heterocycles. The number of rotatable bonds is 1. The molecule has 1 aromatic rings. The van der Waals surface area contributed by atoms with Crippen molar-refractivity contribution in [3.05, 3.63) is 41.9 Å². The van der Waals surface area contributed by atoms with E-state index < -0.39 is 0 Å². The smallest absolute Gasteiger partial charge is 0.0626 e. The molecular formula is C9H10. The fourth-order valence-electron chi connectivity index (χ4n) is 0.666. The van der Waals surface area contributed by atoms with E-state index in [1.165, 1.54) is 0 Å². The SMILES string of the molecule is [2H]/C(C)=C(\[2H])c1ccccc1. The van der Waals surface area contributed by atoms with Gasteiger partial charge in [-0.25, -0.2) is 0 Å². The molecule has 46 valence electrons. The molecule has 1 rings (SSSR count). The number of hydrogen-bond donors (Lipinski definition) is 0. The Balaban J connectivity index is 3.04. The van der Waals surface area contributed by atoms with Crippen LogP contribution in [-0.4, -0.2) is 0 Å². The van der Waals surface area contributed by atoms with Gasteiger partial charge in [0.25, 0.3) is 0 Å². The zero-order valence-corrected chi connectivity index (χ0v) is 5.39. The van der Waals surface area contributed by atoms with Crippen molar-refractivity contribution < 1.29 is 2.74 Å². The van der Waals surface area contributed by atoms with Crippen LogP contribution in [0.2, 0.25) is 0 Å². The Morgan fingerprint density at radius 2 is 2.00 bits per heavy atom. The van der Waals surface area contributed by atoms with E-state index >= 15 is 0 Å². The highest BCUT2D eigenvalue weighted by Gasteiger charge is 1.77. The lowest BCUT2D eigenvalue weighted by atomic mass is 10.2. The van der Waals surface area contributed by atoms with Crippen molar-refractivity contribution in [2.75, 3.05) is 0 Å². The lowest BCUT2D eigenvalue weighted by molar-refractivity contribution is 1.64. The molecule has 0 aliphatic carbocycles. The molecule has 0 fully saturated rings. The van der Waals surface area contributed by atoms with Crippen LogP contribution in [0.5, 0.6) is 0 Å². The van der Waals surface area contributed by atoms with Gasteiger partial charge in [-0.3, -0.25) is 0 Å².